The molecule has 0 amide bonds. The molecule has 24 heavy (non-hydrogen) atoms. The molecule has 1 heterocycles. The summed E-state index contributed by atoms with van der Waals surface area (Å²) in [4.78, 5) is 4.64. The summed E-state index contributed by atoms with van der Waals surface area (Å²) in [5.41, 5.74) is 6.26. The van der Waals surface area contributed by atoms with Crippen LogP contribution in [0.4, 0.5) is 0 Å². The molecule has 0 N–H and O–H groups in total. The van der Waals surface area contributed by atoms with Crippen molar-refractivity contribution in [3.8, 4) is 22.4 Å². The molecule has 120 valence electrons. The van der Waals surface area contributed by atoms with Crippen molar-refractivity contribution >= 4 is 0 Å². The molecule has 1 nitrogen and oxygen atoms in total. The molecule has 0 aliphatic heterocycles. The van der Waals surface area contributed by atoms with Gasteiger partial charge in [0.25, 0.3) is 0 Å². The Morgan fingerprint density at radius 1 is 0.667 bits per heavy atom. The molecular formula is C23H23N. The fourth-order valence-corrected chi connectivity index (χ4v) is 3.78. The largest absolute Gasteiger partial charge is 0.256 e. The number of aromatic nitrogens is 1. The van der Waals surface area contributed by atoms with Gasteiger partial charge < -0.3 is 0 Å². The summed E-state index contributed by atoms with van der Waals surface area (Å²) in [5.74, 6) is 0.720. The molecule has 0 atom stereocenters. The minimum absolute atomic E-state index is 0.720. The summed E-state index contributed by atoms with van der Waals surface area (Å²) in [6, 6.07) is 23.8. The van der Waals surface area contributed by atoms with Gasteiger partial charge in [0.2, 0.25) is 0 Å². The van der Waals surface area contributed by atoms with Gasteiger partial charge in [0.1, 0.15) is 0 Å². The number of hydrogen-bond donors (Lipinski definition) is 0. The fourth-order valence-electron chi connectivity index (χ4n) is 3.78. The Balaban J connectivity index is 1.66. The van der Waals surface area contributed by atoms with E-state index in [1.165, 1.54) is 54.4 Å². The average Bonchev–Trinajstić information content (AvgIpc) is 2.70. The van der Waals surface area contributed by atoms with Crippen molar-refractivity contribution in [2.45, 2.75) is 38.0 Å². The molecule has 1 aliphatic rings. The molecule has 0 bridgehead atoms. The molecule has 3 aromatic rings. The van der Waals surface area contributed by atoms with Crippen molar-refractivity contribution in [1.82, 2.24) is 4.98 Å². The molecule has 0 radical (unpaired) electrons. The van der Waals surface area contributed by atoms with Crippen molar-refractivity contribution in [3.05, 3.63) is 78.5 Å². The van der Waals surface area contributed by atoms with E-state index in [2.05, 4.69) is 71.7 Å². The van der Waals surface area contributed by atoms with Crippen LogP contribution >= 0.6 is 0 Å². The van der Waals surface area contributed by atoms with E-state index >= 15 is 0 Å². The molecule has 1 fully saturated rings. The van der Waals surface area contributed by atoms with Crippen LogP contribution in [-0.4, -0.2) is 4.98 Å². The maximum absolute atomic E-state index is 4.64. The summed E-state index contributed by atoms with van der Waals surface area (Å²) in [5, 5.41) is 0. The highest BCUT2D eigenvalue weighted by Gasteiger charge is 2.16. The predicted octanol–water partition coefficient (Wildman–Crippen LogP) is 6.46. The molecule has 4 rings (SSSR count). The van der Waals surface area contributed by atoms with Gasteiger partial charge in [-0.05, 0) is 53.6 Å². The van der Waals surface area contributed by atoms with Crippen LogP contribution in [0.15, 0.2) is 72.9 Å². The first kappa shape index (κ1) is 15.1. The van der Waals surface area contributed by atoms with Crippen LogP contribution in [0, 0.1) is 0 Å². The lowest BCUT2D eigenvalue weighted by molar-refractivity contribution is 0.443. The van der Waals surface area contributed by atoms with Gasteiger partial charge in [-0.1, -0.05) is 67.8 Å². The van der Waals surface area contributed by atoms with E-state index in [1.807, 2.05) is 6.20 Å². The lowest BCUT2D eigenvalue weighted by Gasteiger charge is -2.22. The van der Waals surface area contributed by atoms with Crippen LogP contribution in [0.3, 0.4) is 0 Å². The van der Waals surface area contributed by atoms with E-state index in [4.69, 9.17) is 0 Å². The van der Waals surface area contributed by atoms with Gasteiger partial charge in [0.15, 0.2) is 0 Å². The third-order valence-electron chi connectivity index (χ3n) is 5.13. The average molecular weight is 313 g/mol. The Labute approximate surface area is 144 Å². The fraction of sp³-hybridized carbons (Fsp3) is 0.261. The van der Waals surface area contributed by atoms with E-state index in [-0.39, 0.29) is 0 Å². The molecular weight excluding hydrogens is 290 g/mol. The highest BCUT2D eigenvalue weighted by atomic mass is 14.7. The Bertz CT molecular complexity index is 801. The van der Waals surface area contributed by atoms with Crippen LogP contribution in [-0.2, 0) is 0 Å². The van der Waals surface area contributed by atoms with Gasteiger partial charge in [0.05, 0.1) is 5.69 Å². The van der Waals surface area contributed by atoms with E-state index in [9.17, 15) is 0 Å². The zero-order valence-corrected chi connectivity index (χ0v) is 14.0. The predicted molar refractivity (Wildman–Crippen MR) is 101 cm³/mol. The summed E-state index contributed by atoms with van der Waals surface area (Å²) in [6.45, 7) is 0. The monoisotopic (exact) mass is 313 g/mol. The van der Waals surface area contributed by atoms with Crippen LogP contribution < -0.4 is 0 Å². The summed E-state index contributed by atoms with van der Waals surface area (Å²) in [6.07, 6.45) is 8.76. The lowest BCUT2D eigenvalue weighted by Crippen LogP contribution is -2.04. The zero-order chi connectivity index (χ0) is 16.2. The summed E-state index contributed by atoms with van der Waals surface area (Å²) >= 11 is 0. The molecule has 1 saturated carbocycles. The lowest BCUT2D eigenvalue weighted by atomic mass is 9.84. The van der Waals surface area contributed by atoms with Crippen molar-refractivity contribution in [2.75, 3.05) is 0 Å². The maximum atomic E-state index is 4.64. The second kappa shape index (κ2) is 7.00. The summed E-state index contributed by atoms with van der Waals surface area (Å²) in [7, 11) is 0. The molecule has 0 spiro atoms. The maximum Gasteiger partial charge on any atom is 0.0705 e. The number of nitrogens with zero attached hydrogens (tertiary/aromatic N) is 1. The van der Waals surface area contributed by atoms with E-state index in [0.29, 0.717) is 0 Å². The Morgan fingerprint density at radius 3 is 2.25 bits per heavy atom. The van der Waals surface area contributed by atoms with Crippen LogP contribution in [0.25, 0.3) is 22.4 Å². The Hall–Kier alpha value is -2.41. The van der Waals surface area contributed by atoms with Crippen molar-refractivity contribution < 1.29 is 0 Å². The minimum atomic E-state index is 0.720. The van der Waals surface area contributed by atoms with E-state index in [1.54, 1.807) is 0 Å². The van der Waals surface area contributed by atoms with Gasteiger partial charge in [-0.15, -0.1) is 0 Å². The number of benzene rings is 2. The first-order valence-electron chi connectivity index (χ1n) is 9.02. The molecule has 1 aromatic heterocycles. The van der Waals surface area contributed by atoms with E-state index in [0.717, 1.165) is 11.6 Å². The standard InChI is InChI=1S/C23H23N/c1-3-8-18(9-4-1)20-12-7-13-22(16-20)23-17-21(14-15-24-23)19-10-5-2-6-11-19/h1,3-4,7-9,12-17,19H,2,5-6,10-11H2. The normalized spacial score (nSPS) is 15.3. The smallest absolute Gasteiger partial charge is 0.0705 e. The number of rotatable bonds is 3. The Morgan fingerprint density at radius 2 is 1.42 bits per heavy atom. The molecule has 0 saturated heterocycles. The molecule has 2 aromatic carbocycles. The van der Waals surface area contributed by atoms with E-state index < -0.39 is 0 Å². The van der Waals surface area contributed by atoms with Crippen LogP contribution in [0.2, 0.25) is 0 Å². The third kappa shape index (κ3) is 3.26. The van der Waals surface area contributed by atoms with Gasteiger partial charge in [-0.25, -0.2) is 0 Å². The minimum Gasteiger partial charge on any atom is -0.256 e. The van der Waals surface area contributed by atoms with Gasteiger partial charge in [0, 0.05) is 11.8 Å². The second-order valence-electron chi connectivity index (χ2n) is 6.76. The molecule has 1 heteroatoms. The highest BCUT2D eigenvalue weighted by molar-refractivity contribution is 5.71. The molecule has 0 unspecified atom stereocenters. The van der Waals surface area contributed by atoms with Crippen LogP contribution in [0.1, 0.15) is 43.6 Å². The topological polar surface area (TPSA) is 12.9 Å². The van der Waals surface area contributed by atoms with Crippen molar-refractivity contribution in [2.24, 2.45) is 0 Å². The third-order valence-corrected chi connectivity index (χ3v) is 5.13. The summed E-state index contributed by atoms with van der Waals surface area (Å²) < 4.78 is 0. The van der Waals surface area contributed by atoms with Crippen molar-refractivity contribution in [1.29, 1.82) is 0 Å². The Kier molecular flexibility index (Phi) is 4.42. The highest BCUT2D eigenvalue weighted by Crippen LogP contribution is 2.34. The quantitative estimate of drug-likeness (QED) is 0.540. The van der Waals surface area contributed by atoms with Gasteiger partial charge >= 0.3 is 0 Å². The van der Waals surface area contributed by atoms with Gasteiger partial charge in [-0.3, -0.25) is 4.98 Å². The SMILES string of the molecule is c1ccc(-c2cccc(-c3cc(C4CCCCC4)ccn3)c2)cc1. The number of hydrogen-bond acceptors (Lipinski definition) is 1. The van der Waals surface area contributed by atoms with Crippen molar-refractivity contribution in [3.63, 3.8) is 0 Å². The van der Waals surface area contributed by atoms with Crippen LogP contribution in [0.5, 0.6) is 0 Å². The zero-order valence-electron chi connectivity index (χ0n) is 14.0. The first-order valence-corrected chi connectivity index (χ1v) is 9.02. The number of pyridine rings is 1. The first-order chi connectivity index (χ1) is 11.9. The second-order valence-corrected chi connectivity index (χ2v) is 6.76. The van der Waals surface area contributed by atoms with Gasteiger partial charge in [-0.2, -0.15) is 0 Å². The molecule has 1 aliphatic carbocycles.